The SMILES string of the molecule is CCC1=C[C@H](CC)C[C@H](C#N)[C@@H]1NC(=O)Cc1ccccc1. The van der Waals surface area contributed by atoms with Crippen molar-refractivity contribution in [2.24, 2.45) is 11.8 Å². The maximum absolute atomic E-state index is 12.3. The van der Waals surface area contributed by atoms with E-state index < -0.39 is 0 Å². The Bertz CT molecular complexity index is 571. The van der Waals surface area contributed by atoms with Crippen LogP contribution in [0.5, 0.6) is 0 Å². The van der Waals surface area contributed by atoms with Crippen molar-refractivity contribution >= 4 is 5.91 Å². The molecule has 0 radical (unpaired) electrons. The van der Waals surface area contributed by atoms with Crippen molar-refractivity contribution in [2.45, 2.75) is 45.6 Å². The van der Waals surface area contributed by atoms with E-state index in [1.807, 2.05) is 30.3 Å². The quantitative estimate of drug-likeness (QED) is 0.844. The highest BCUT2D eigenvalue weighted by Crippen LogP contribution is 2.31. The number of carbonyl (C=O) groups is 1. The molecule has 0 fully saturated rings. The fraction of sp³-hybridized carbons (Fsp3) is 0.474. The number of carbonyl (C=O) groups excluding carboxylic acids is 1. The largest absolute Gasteiger partial charge is 0.348 e. The third-order valence-corrected chi connectivity index (χ3v) is 4.43. The number of allylic oxidation sites excluding steroid dienone is 1. The van der Waals surface area contributed by atoms with E-state index in [2.05, 4.69) is 31.3 Å². The third kappa shape index (κ3) is 3.98. The normalized spacial score (nSPS) is 24.2. The summed E-state index contributed by atoms with van der Waals surface area (Å²) in [6.07, 6.45) is 5.40. The van der Waals surface area contributed by atoms with Gasteiger partial charge in [-0.25, -0.2) is 0 Å². The number of amides is 1. The Labute approximate surface area is 133 Å². The second kappa shape index (κ2) is 7.79. The van der Waals surface area contributed by atoms with Crippen LogP contribution in [0.25, 0.3) is 0 Å². The highest BCUT2D eigenvalue weighted by molar-refractivity contribution is 5.79. The molecule has 0 saturated heterocycles. The maximum atomic E-state index is 12.3. The van der Waals surface area contributed by atoms with E-state index in [4.69, 9.17) is 0 Å². The number of hydrogen-bond acceptors (Lipinski definition) is 2. The Kier molecular flexibility index (Phi) is 5.77. The molecule has 0 saturated carbocycles. The molecule has 1 aliphatic carbocycles. The molecule has 22 heavy (non-hydrogen) atoms. The lowest BCUT2D eigenvalue weighted by molar-refractivity contribution is -0.121. The molecule has 1 aliphatic rings. The van der Waals surface area contributed by atoms with Gasteiger partial charge in [-0.05, 0) is 30.7 Å². The summed E-state index contributed by atoms with van der Waals surface area (Å²) in [5, 5.41) is 12.5. The van der Waals surface area contributed by atoms with Crippen LogP contribution in [0, 0.1) is 23.2 Å². The Morgan fingerprint density at radius 3 is 2.64 bits per heavy atom. The van der Waals surface area contributed by atoms with Gasteiger partial charge in [-0.3, -0.25) is 4.79 Å². The van der Waals surface area contributed by atoms with Gasteiger partial charge >= 0.3 is 0 Å². The summed E-state index contributed by atoms with van der Waals surface area (Å²) in [5.41, 5.74) is 2.20. The van der Waals surface area contributed by atoms with Crippen molar-refractivity contribution in [2.75, 3.05) is 0 Å². The van der Waals surface area contributed by atoms with Crippen molar-refractivity contribution in [3.8, 4) is 6.07 Å². The molecule has 3 atom stereocenters. The minimum absolute atomic E-state index is 0.00857. The zero-order valence-electron chi connectivity index (χ0n) is 13.4. The standard InChI is InChI=1S/C19H24N2O/c1-3-14-10-16(4-2)19(17(11-14)13-20)21-18(22)12-15-8-6-5-7-9-15/h5-10,14,17,19H,3-4,11-12H2,1-2H3,(H,21,22)/t14-,17+,19+/m0/s1. The molecule has 0 bridgehead atoms. The van der Waals surface area contributed by atoms with Gasteiger partial charge in [0.05, 0.1) is 24.4 Å². The van der Waals surface area contributed by atoms with Gasteiger partial charge in [-0.15, -0.1) is 0 Å². The fourth-order valence-corrected chi connectivity index (χ4v) is 3.14. The molecule has 1 amide bonds. The van der Waals surface area contributed by atoms with Crippen LogP contribution >= 0.6 is 0 Å². The molecule has 0 aromatic heterocycles. The van der Waals surface area contributed by atoms with Crippen LogP contribution in [0.1, 0.15) is 38.7 Å². The minimum Gasteiger partial charge on any atom is -0.348 e. The van der Waals surface area contributed by atoms with E-state index in [9.17, 15) is 10.1 Å². The molecule has 0 spiro atoms. The molecule has 0 heterocycles. The van der Waals surface area contributed by atoms with Crippen molar-refractivity contribution in [1.29, 1.82) is 5.26 Å². The van der Waals surface area contributed by atoms with Gasteiger partial charge in [0.1, 0.15) is 0 Å². The van der Waals surface area contributed by atoms with E-state index in [0.717, 1.165) is 24.8 Å². The first-order chi connectivity index (χ1) is 10.7. The lowest BCUT2D eigenvalue weighted by atomic mass is 9.77. The van der Waals surface area contributed by atoms with E-state index in [-0.39, 0.29) is 17.9 Å². The minimum atomic E-state index is -0.131. The monoisotopic (exact) mass is 296 g/mol. The molecular weight excluding hydrogens is 272 g/mol. The molecule has 3 heteroatoms. The summed E-state index contributed by atoms with van der Waals surface area (Å²) in [5.74, 6) is 0.331. The number of nitriles is 1. The number of hydrogen-bond donors (Lipinski definition) is 1. The summed E-state index contributed by atoms with van der Waals surface area (Å²) in [6.45, 7) is 4.24. The van der Waals surface area contributed by atoms with Crippen molar-refractivity contribution in [1.82, 2.24) is 5.32 Å². The Morgan fingerprint density at radius 2 is 2.05 bits per heavy atom. The highest BCUT2D eigenvalue weighted by Gasteiger charge is 2.31. The summed E-state index contributed by atoms with van der Waals surface area (Å²) >= 11 is 0. The molecule has 3 nitrogen and oxygen atoms in total. The van der Waals surface area contributed by atoms with Gasteiger partial charge in [0.25, 0.3) is 0 Å². The third-order valence-electron chi connectivity index (χ3n) is 4.43. The molecule has 0 unspecified atom stereocenters. The first kappa shape index (κ1) is 16.3. The molecular formula is C19H24N2O. The predicted octanol–water partition coefficient (Wildman–Crippen LogP) is 3.62. The average molecular weight is 296 g/mol. The zero-order valence-corrected chi connectivity index (χ0v) is 13.4. The summed E-state index contributed by atoms with van der Waals surface area (Å²) in [6, 6.07) is 12.0. The van der Waals surface area contributed by atoms with Crippen molar-refractivity contribution in [3.05, 3.63) is 47.5 Å². The number of nitrogens with one attached hydrogen (secondary N) is 1. The van der Waals surface area contributed by atoms with Gasteiger partial charge in [0, 0.05) is 0 Å². The first-order valence-corrected chi connectivity index (χ1v) is 8.11. The Balaban J connectivity index is 2.08. The second-order valence-electron chi connectivity index (χ2n) is 5.94. The lowest BCUT2D eigenvalue weighted by Crippen LogP contribution is -2.44. The summed E-state index contributed by atoms with van der Waals surface area (Å²) in [4.78, 5) is 12.3. The molecule has 0 aliphatic heterocycles. The average Bonchev–Trinajstić information content (AvgIpc) is 2.55. The number of nitrogens with zero attached hydrogens (tertiary/aromatic N) is 1. The Hall–Kier alpha value is -2.08. The first-order valence-electron chi connectivity index (χ1n) is 8.11. The Morgan fingerprint density at radius 1 is 1.32 bits per heavy atom. The molecule has 2 rings (SSSR count). The van der Waals surface area contributed by atoms with Gasteiger partial charge in [0.2, 0.25) is 5.91 Å². The van der Waals surface area contributed by atoms with Crippen LogP contribution in [0.4, 0.5) is 0 Å². The van der Waals surface area contributed by atoms with Crippen LogP contribution in [-0.2, 0) is 11.2 Å². The van der Waals surface area contributed by atoms with Crippen LogP contribution in [-0.4, -0.2) is 11.9 Å². The summed E-state index contributed by atoms with van der Waals surface area (Å²) in [7, 11) is 0. The molecule has 1 aromatic rings. The molecule has 116 valence electrons. The summed E-state index contributed by atoms with van der Waals surface area (Å²) < 4.78 is 0. The molecule has 1 aromatic carbocycles. The van der Waals surface area contributed by atoms with Crippen LogP contribution < -0.4 is 5.32 Å². The van der Waals surface area contributed by atoms with Crippen molar-refractivity contribution in [3.63, 3.8) is 0 Å². The van der Waals surface area contributed by atoms with E-state index >= 15 is 0 Å². The lowest BCUT2D eigenvalue weighted by Gasteiger charge is -2.32. The smallest absolute Gasteiger partial charge is 0.224 e. The van der Waals surface area contributed by atoms with E-state index in [1.165, 1.54) is 5.57 Å². The second-order valence-corrected chi connectivity index (χ2v) is 5.94. The highest BCUT2D eigenvalue weighted by atomic mass is 16.1. The van der Waals surface area contributed by atoms with Gasteiger partial charge < -0.3 is 5.32 Å². The molecule has 1 N–H and O–H groups in total. The predicted molar refractivity (Wildman–Crippen MR) is 88.0 cm³/mol. The fourth-order valence-electron chi connectivity index (χ4n) is 3.14. The van der Waals surface area contributed by atoms with E-state index in [0.29, 0.717) is 12.3 Å². The van der Waals surface area contributed by atoms with Crippen LogP contribution in [0.15, 0.2) is 42.0 Å². The van der Waals surface area contributed by atoms with Gasteiger partial charge in [0.15, 0.2) is 0 Å². The van der Waals surface area contributed by atoms with Gasteiger partial charge in [-0.2, -0.15) is 5.26 Å². The van der Waals surface area contributed by atoms with Crippen LogP contribution in [0.2, 0.25) is 0 Å². The number of rotatable bonds is 5. The van der Waals surface area contributed by atoms with E-state index in [1.54, 1.807) is 0 Å². The van der Waals surface area contributed by atoms with Gasteiger partial charge in [-0.1, -0.05) is 55.8 Å². The topological polar surface area (TPSA) is 52.9 Å². The van der Waals surface area contributed by atoms with Crippen LogP contribution in [0.3, 0.4) is 0 Å². The number of benzene rings is 1. The maximum Gasteiger partial charge on any atom is 0.224 e. The zero-order chi connectivity index (χ0) is 15.9. The van der Waals surface area contributed by atoms with Crippen molar-refractivity contribution < 1.29 is 4.79 Å².